The highest BCUT2D eigenvalue weighted by atomic mass is 32.2. The van der Waals surface area contributed by atoms with E-state index in [1.807, 2.05) is 0 Å². The molecule has 0 bridgehead atoms. The fourth-order valence-corrected chi connectivity index (χ4v) is 5.41. The average molecular weight is 407 g/mol. The molecule has 144 valence electrons. The molecule has 0 heterocycles. The highest BCUT2D eigenvalue weighted by molar-refractivity contribution is 7.79. The van der Waals surface area contributed by atoms with Crippen LogP contribution in [-0.4, -0.2) is 40.6 Å². The zero-order valence-electron chi connectivity index (χ0n) is 14.1. The molecule has 0 aliphatic carbocycles. The third-order valence-corrected chi connectivity index (χ3v) is 7.64. The van der Waals surface area contributed by atoms with E-state index in [4.69, 9.17) is 9.79 Å². The first-order valence-corrected chi connectivity index (χ1v) is 11.7. The van der Waals surface area contributed by atoms with Gasteiger partial charge in [0.1, 0.15) is 5.78 Å². The lowest BCUT2D eigenvalue weighted by molar-refractivity contribution is -0.124. The van der Waals surface area contributed by atoms with Gasteiger partial charge in [-0.25, -0.2) is 8.88 Å². The van der Waals surface area contributed by atoms with E-state index in [1.165, 1.54) is 6.92 Å². The van der Waals surface area contributed by atoms with Crippen molar-refractivity contribution in [2.45, 2.75) is 52.6 Å². The quantitative estimate of drug-likeness (QED) is 0.343. The summed E-state index contributed by atoms with van der Waals surface area (Å²) in [4.78, 5) is 39.3. The molecule has 0 radical (unpaired) electrons. The van der Waals surface area contributed by atoms with Crippen molar-refractivity contribution < 1.29 is 41.7 Å². The maximum Gasteiger partial charge on any atom is 0.476 e. The van der Waals surface area contributed by atoms with Gasteiger partial charge >= 0.3 is 15.4 Å². The normalized spacial score (nSPS) is 19.3. The summed E-state index contributed by atoms with van der Waals surface area (Å²) >= 11 is -2.30. The number of carbonyl (C=O) groups is 1. The minimum atomic E-state index is -5.13. The zero-order chi connectivity index (χ0) is 19.3. The number of Topliss-reactive ketones (excluding diaryl/α,β-unsaturated/α-hetero) is 1. The Morgan fingerprint density at radius 3 is 2.17 bits per heavy atom. The molecule has 3 N–H and O–H groups in total. The summed E-state index contributed by atoms with van der Waals surface area (Å²) in [6.07, 6.45) is 0.219. The van der Waals surface area contributed by atoms with Gasteiger partial charge in [0, 0.05) is 18.1 Å². The highest BCUT2D eigenvalue weighted by Crippen LogP contribution is 2.60. The molecule has 0 rings (SSSR count). The Hall–Kier alpha value is 0.0800. The molecule has 0 aromatic carbocycles. The van der Waals surface area contributed by atoms with Gasteiger partial charge in [0.2, 0.25) is 0 Å². The first-order chi connectivity index (χ1) is 10.6. The number of rotatable bonds is 11. The Balaban J connectivity index is 4.97. The van der Waals surface area contributed by atoms with Crippen molar-refractivity contribution in [1.82, 2.24) is 0 Å². The van der Waals surface area contributed by atoms with Gasteiger partial charge < -0.3 is 19.2 Å². The topological polar surface area (TPSA) is 161 Å². The fourth-order valence-electron chi connectivity index (χ4n) is 2.29. The van der Waals surface area contributed by atoms with E-state index in [0.29, 0.717) is 6.42 Å². The molecular formula is C12H25O9P2S-. The van der Waals surface area contributed by atoms with Crippen LogP contribution in [0.2, 0.25) is 0 Å². The molecule has 0 aliphatic rings. The predicted molar refractivity (Wildman–Crippen MR) is 88.0 cm³/mol. The van der Waals surface area contributed by atoms with Crippen molar-refractivity contribution in [3.05, 3.63) is 0 Å². The molecule has 24 heavy (non-hydrogen) atoms. The predicted octanol–water partition coefficient (Wildman–Crippen LogP) is 1.95. The lowest BCUT2D eigenvalue weighted by Gasteiger charge is -2.28. The molecule has 4 unspecified atom stereocenters. The van der Waals surface area contributed by atoms with Crippen molar-refractivity contribution in [1.29, 1.82) is 0 Å². The Bertz CT molecular complexity index is 557. The van der Waals surface area contributed by atoms with Crippen LogP contribution in [0.5, 0.6) is 0 Å². The minimum absolute atomic E-state index is 0.0265. The molecule has 12 heteroatoms. The molecule has 0 aromatic rings. The van der Waals surface area contributed by atoms with Gasteiger partial charge in [-0.1, -0.05) is 38.8 Å². The van der Waals surface area contributed by atoms with E-state index in [2.05, 4.69) is 4.31 Å². The molecule has 0 fully saturated rings. The largest absolute Gasteiger partial charge is 0.772 e. The lowest BCUT2D eigenvalue weighted by Crippen LogP contribution is -2.28. The number of hydrogen-bond acceptors (Lipinski definition) is 6. The Labute approximate surface area is 144 Å². The lowest BCUT2D eigenvalue weighted by atomic mass is 9.83. The van der Waals surface area contributed by atoms with Crippen LogP contribution in [0.25, 0.3) is 0 Å². The van der Waals surface area contributed by atoms with Crippen molar-refractivity contribution in [3.63, 3.8) is 0 Å². The summed E-state index contributed by atoms with van der Waals surface area (Å²) in [7, 11) is -9.73. The summed E-state index contributed by atoms with van der Waals surface area (Å²) < 4.78 is 48.2. The number of ketones is 1. The highest BCUT2D eigenvalue weighted by Gasteiger charge is 2.38. The molecule has 9 nitrogen and oxygen atoms in total. The van der Waals surface area contributed by atoms with Gasteiger partial charge in [0.25, 0.3) is 0 Å². The van der Waals surface area contributed by atoms with Crippen molar-refractivity contribution in [2.75, 3.05) is 5.75 Å². The summed E-state index contributed by atoms with van der Waals surface area (Å²) in [5, 5.41) is 0. The Morgan fingerprint density at radius 1 is 1.29 bits per heavy atom. The molecule has 0 aromatic heterocycles. The van der Waals surface area contributed by atoms with Crippen LogP contribution in [-0.2, 0) is 29.3 Å². The molecular weight excluding hydrogens is 382 g/mol. The van der Waals surface area contributed by atoms with Gasteiger partial charge in [0.15, 0.2) is 0 Å². The number of phosphoric acid groups is 1. The first-order valence-electron chi connectivity index (χ1n) is 7.27. The van der Waals surface area contributed by atoms with E-state index < -0.39 is 43.5 Å². The van der Waals surface area contributed by atoms with Gasteiger partial charge in [0.05, 0.1) is 5.66 Å². The summed E-state index contributed by atoms with van der Waals surface area (Å²) in [5.41, 5.74) is -1.93. The Morgan fingerprint density at radius 2 is 1.79 bits per heavy atom. The van der Waals surface area contributed by atoms with Crippen LogP contribution in [0.3, 0.4) is 0 Å². The van der Waals surface area contributed by atoms with Crippen LogP contribution < -0.4 is 0 Å². The van der Waals surface area contributed by atoms with Gasteiger partial charge in [-0.3, -0.25) is 13.6 Å². The van der Waals surface area contributed by atoms with Crippen LogP contribution in [0.1, 0.15) is 47.0 Å². The van der Waals surface area contributed by atoms with Gasteiger partial charge in [-0.2, -0.15) is 0 Å². The Kier molecular flexibility index (Phi) is 9.17. The molecule has 0 saturated heterocycles. The molecule has 0 spiro atoms. The van der Waals surface area contributed by atoms with E-state index in [0.717, 1.165) is 0 Å². The molecule has 0 amide bonds. The molecule has 4 atom stereocenters. The second-order valence-corrected chi connectivity index (χ2v) is 11.1. The first kappa shape index (κ1) is 24.1. The second-order valence-electron chi connectivity index (χ2n) is 6.58. The van der Waals surface area contributed by atoms with Crippen LogP contribution >= 0.6 is 15.4 Å². The minimum Gasteiger partial charge on any atom is -0.772 e. The summed E-state index contributed by atoms with van der Waals surface area (Å²) in [6.45, 7) is 6.22. The smallest absolute Gasteiger partial charge is 0.476 e. The van der Waals surface area contributed by atoms with Gasteiger partial charge in [-0.15, -0.1) is 0 Å². The zero-order valence-corrected chi connectivity index (χ0v) is 16.7. The fraction of sp³-hybridized carbons (Fsp3) is 0.917. The molecule has 0 saturated carbocycles. The van der Waals surface area contributed by atoms with Gasteiger partial charge in [-0.05, 0) is 18.3 Å². The third-order valence-electron chi connectivity index (χ3n) is 3.52. The number of carbonyl (C=O) groups excluding carboxylic acids is 1. The van der Waals surface area contributed by atoms with Crippen LogP contribution in [0.4, 0.5) is 0 Å². The van der Waals surface area contributed by atoms with Crippen molar-refractivity contribution in [2.24, 2.45) is 11.3 Å². The van der Waals surface area contributed by atoms with E-state index >= 15 is 0 Å². The van der Waals surface area contributed by atoms with Crippen molar-refractivity contribution in [3.8, 4) is 0 Å². The van der Waals surface area contributed by atoms with Crippen LogP contribution in [0.15, 0.2) is 0 Å². The third kappa shape index (κ3) is 9.53. The second kappa shape index (κ2) is 9.14. The van der Waals surface area contributed by atoms with Crippen molar-refractivity contribution >= 4 is 32.3 Å². The van der Waals surface area contributed by atoms with Crippen LogP contribution in [0, 0.1) is 11.3 Å². The number of hydrogen-bond donors (Lipinski definition) is 3. The maximum atomic E-state index is 12.4. The average Bonchev–Trinajstić information content (AvgIpc) is 2.29. The standard InChI is InChI=1S/C12H26O9P2S/c1-5-10(11(13)7-12(3,4)8-24(19)20)6-9(2)22(14,15)21-23(16,17)18/h9-10H,5-8H2,1-4H3,(H,14,15)(H,19,20)(H2,16,17,18)/p-1. The monoisotopic (exact) mass is 407 g/mol. The summed E-state index contributed by atoms with van der Waals surface area (Å²) in [6, 6.07) is 0. The van der Waals surface area contributed by atoms with E-state index in [-0.39, 0.29) is 24.4 Å². The van der Waals surface area contributed by atoms with E-state index in [1.54, 1.807) is 20.8 Å². The van der Waals surface area contributed by atoms with E-state index in [9.17, 15) is 27.6 Å². The maximum absolute atomic E-state index is 12.4. The molecule has 0 aliphatic heterocycles. The summed E-state index contributed by atoms with van der Waals surface area (Å²) in [5.74, 6) is -1.10. The SMILES string of the molecule is CCC(CC(C)P(=O)(O)OP(=O)(O)O)C(=O)CC(C)(C)CS(=O)[O-].